The molecule has 0 amide bonds. The minimum absolute atomic E-state index is 0. The summed E-state index contributed by atoms with van der Waals surface area (Å²) in [5.74, 6) is -0.886. The summed E-state index contributed by atoms with van der Waals surface area (Å²) >= 11 is 0. The molecule has 0 aromatic carbocycles. The van der Waals surface area contributed by atoms with Gasteiger partial charge in [-0.2, -0.15) is 0 Å². The molecule has 0 aromatic heterocycles. The summed E-state index contributed by atoms with van der Waals surface area (Å²) in [5.41, 5.74) is 0. The first-order valence-corrected chi connectivity index (χ1v) is 9.88. The van der Waals surface area contributed by atoms with Gasteiger partial charge < -0.3 is 4.74 Å². The van der Waals surface area contributed by atoms with Crippen molar-refractivity contribution in [3.05, 3.63) is 0 Å². The van der Waals surface area contributed by atoms with Crippen molar-refractivity contribution < 1.29 is 14.3 Å². The van der Waals surface area contributed by atoms with E-state index in [4.69, 9.17) is 0 Å². The van der Waals surface area contributed by atoms with Gasteiger partial charge in [0.1, 0.15) is 0 Å². The van der Waals surface area contributed by atoms with Crippen molar-refractivity contribution in [2.45, 2.75) is 117 Å². The van der Waals surface area contributed by atoms with Gasteiger partial charge in [-0.05, 0) is 6.42 Å². The van der Waals surface area contributed by atoms with Crippen molar-refractivity contribution in [1.82, 2.24) is 0 Å². The average molecular weight is 466 g/mol. The topological polar surface area (TPSA) is 43.4 Å². The zero-order valence-corrected chi connectivity index (χ0v) is 15.5. The van der Waals surface area contributed by atoms with Crippen molar-refractivity contribution >= 4 is 60.8 Å². The van der Waals surface area contributed by atoms with Crippen LogP contribution in [-0.2, 0) is 14.3 Å². The van der Waals surface area contributed by atoms with Crippen molar-refractivity contribution in [1.29, 1.82) is 0 Å². The van der Waals surface area contributed by atoms with Gasteiger partial charge in [-0.1, -0.05) is 96.8 Å². The Kier molecular flexibility index (Phi) is 24.4. The summed E-state index contributed by atoms with van der Waals surface area (Å²) in [6.45, 7) is 3.53. The van der Waals surface area contributed by atoms with Gasteiger partial charge in [0.25, 0.3) is 0 Å². The Morgan fingerprint density at radius 3 is 1.29 bits per heavy atom. The number of ether oxygens (including phenoxy) is 1. The molecule has 0 aromatic rings. The van der Waals surface area contributed by atoms with E-state index in [1.807, 2.05) is 0 Å². The third kappa shape index (κ3) is 22.7. The molecule has 3 nitrogen and oxygen atoms in total. The van der Waals surface area contributed by atoms with Crippen LogP contribution in [0.4, 0.5) is 0 Å². The standard InChI is InChI=1S/C20H38O3.Ba.2H/c1-3-4-5-6-7-8-9-10-11-12-13-14-15-16-17-18-20(22)23-19(2)21;;;/h3-18H2,1-2H3;;;. The summed E-state index contributed by atoms with van der Waals surface area (Å²) in [6.07, 6.45) is 20.0. The Morgan fingerprint density at radius 2 is 0.958 bits per heavy atom. The maximum absolute atomic E-state index is 11.1. The van der Waals surface area contributed by atoms with Gasteiger partial charge in [-0.25, -0.2) is 0 Å². The monoisotopic (exact) mass is 466 g/mol. The first-order valence-electron chi connectivity index (χ1n) is 9.88. The summed E-state index contributed by atoms with van der Waals surface area (Å²) in [5, 5.41) is 0. The number of carbonyl (C=O) groups excluding carboxylic acids is 2. The second-order valence-corrected chi connectivity index (χ2v) is 6.67. The van der Waals surface area contributed by atoms with E-state index in [0.717, 1.165) is 12.8 Å². The molecule has 0 radical (unpaired) electrons. The molecule has 4 heteroatoms. The molecular weight excluding hydrogens is 426 g/mol. The Balaban J connectivity index is 0. The molecule has 0 N–H and O–H groups in total. The molecule has 0 fully saturated rings. The molecule has 0 saturated heterocycles. The molecule has 0 unspecified atom stereocenters. The summed E-state index contributed by atoms with van der Waals surface area (Å²) in [6, 6.07) is 0. The van der Waals surface area contributed by atoms with Gasteiger partial charge >= 0.3 is 60.8 Å². The number of esters is 2. The second kappa shape index (κ2) is 21.8. The fourth-order valence-electron chi connectivity index (χ4n) is 2.85. The van der Waals surface area contributed by atoms with Gasteiger partial charge in [-0.3, -0.25) is 9.59 Å². The van der Waals surface area contributed by atoms with Crippen LogP contribution in [0.15, 0.2) is 0 Å². The number of hydrogen-bond donors (Lipinski definition) is 0. The second-order valence-electron chi connectivity index (χ2n) is 6.67. The first kappa shape index (κ1) is 26.9. The summed E-state index contributed by atoms with van der Waals surface area (Å²) < 4.78 is 4.49. The van der Waals surface area contributed by atoms with Crippen LogP contribution in [0.2, 0.25) is 0 Å². The van der Waals surface area contributed by atoms with Gasteiger partial charge in [-0.15, -0.1) is 0 Å². The fraction of sp³-hybridized carbons (Fsp3) is 0.900. The van der Waals surface area contributed by atoms with E-state index in [-0.39, 0.29) is 54.9 Å². The van der Waals surface area contributed by atoms with Crippen LogP contribution in [-0.4, -0.2) is 60.8 Å². The normalized spacial score (nSPS) is 10.2. The average Bonchev–Trinajstić information content (AvgIpc) is 2.50. The molecule has 0 atom stereocenters. The molecule has 0 heterocycles. The van der Waals surface area contributed by atoms with E-state index in [0.29, 0.717) is 6.42 Å². The van der Waals surface area contributed by atoms with Gasteiger partial charge in [0, 0.05) is 13.3 Å². The Labute approximate surface area is 190 Å². The van der Waals surface area contributed by atoms with Crippen molar-refractivity contribution in [2.75, 3.05) is 0 Å². The van der Waals surface area contributed by atoms with E-state index in [2.05, 4.69) is 11.7 Å². The molecule has 0 saturated carbocycles. The Bertz CT molecular complexity index is 293. The van der Waals surface area contributed by atoms with Crippen LogP contribution in [0.3, 0.4) is 0 Å². The molecule has 0 aliphatic heterocycles. The van der Waals surface area contributed by atoms with E-state index in [1.165, 1.54) is 90.4 Å². The Hall–Kier alpha value is 0.711. The quantitative estimate of drug-likeness (QED) is 0.132. The summed E-state index contributed by atoms with van der Waals surface area (Å²) in [7, 11) is 0. The van der Waals surface area contributed by atoms with Crippen molar-refractivity contribution in [3.8, 4) is 0 Å². The molecule has 0 spiro atoms. The van der Waals surface area contributed by atoms with Crippen LogP contribution in [0.25, 0.3) is 0 Å². The molecule has 24 heavy (non-hydrogen) atoms. The van der Waals surface area contributed by atoms with Gasteiger partial charge in [0.05, 0.1) is 0 Å². The van der Waals surface area contributed by atoms with Crippen LogP contribution >= 0.6 is 0 Å². The predicted octanol–water partition coefficient (Wildman–Crippen LogP) is 5.42. The van der Waals surface area contributed by atoms with Crippen molar-refractivity contribution in [3.63, 3.8) is 0 Å². The zero-order chi connectivity index (χ0) is 17.2. The van der Waals surface area contributed by atoms with Crippen LogP contribution < -0.4 is 0 Å². The number of rotatable bonds is 16. The maximum atomic E-state index is 11.1. The van der Waals surface area contributed by atoms with E-state index in [1.54, 1.807) is 0 Å². The van der Waals surface area contributed by atoms with Crippen LogP contribution in [0, 0.1) is 0 Å². The zero-order valence-electron chi connectivity index (χ0n) is 15.5. The summed E-state index contributed by atoms with van der Waals surface area (Å²) in [4.78, 5) is 21.7. The van der Waals surface area contributed by atoms with Crippen LogP contribution in [0.5, 0.6) is 0 Å². The molecule has 0 rings (SSSR count). The first-order chi connectivity index (χ1) is 11.2. The third-order valence-corrected chi connectivity index (χ3v) is 4.24. The molecule has 0 bridgehead atoms. The minimum atomic E-state index is -0.504. The van der Waals surface area contributed by atoms with Crippen LogP contribution in [0.1, 0.15) is 117 Å². The predicted molar refractivity (Wildman–Crippen MR) is 105 cm³/mol. The van der Waals surface area contributed by atoms with Crippen molar-refractivity contribution in [2.24, 2.45) is 0 Å². The number of hydrogen-bond acceptors (Lipinski definition) is 3. The fourth-order valence-corrected chi connectivity index (χ4v) is 2.85. The van der Waals surface area contributed by atoms with Gasteiger partial charge in [0.2, 0.25) is 0 Å². The van der Waals surface area contributed by atoms with Gasteiger partial charge in [0.15, 0.2) is 0 Å². The molecule has 0 aliphatic rings. The van der Waals surface area contributed by atoms with E-state index >= 15 is 0 Å². The third-order valence-electron chi connectivity index (χ3n) is 4.24. The van der Waals surface area contributed by atoms with E-state index in [9.17, 15) is 9.59 Å². The Morgan fingerprint density at radius 1 is 0.625 bits per heavy atom. The molecule has 140 valence electrons. The number of unbranched alkanes of at least 4 members (excludes halogenated alkanes) is 14. The SMILES string of the molecule is CCCCCCCCCCCCCCCCCC(=O)OC(C)=O.[BaH2]. The number of carbonyl (C=O) groups is 2. The molecule has 0 aliphatic carbocycles. The van der Waals surface area contributed by atoms with E-state index < -0.39 is 5.97 Å². The molecular formula is C20H40BaO3.